The van der Waals surface area contributed by atoms with Gasteiger partial charge in [0.15, 0.2) is 5.82 Å². The Kier molecular flexibility index (Phi) is 5.04. The minimum absolute atomic E-state index is 0.137. The Bertz CT molecular complexity index is 869. The van der Waals surface area contributed by atoms with Crippen LogP contribution in [0.5, 0.6) is 0 Å². The molecule has 10 heteroatoms. The fraction of sp³-hybridized carbons (Fsp3) is 0.412. The third kappa shape index (κ3) is 4.27. The summed E-state index contributed by atoms with van der Waals surface area (Å²) in [6.45, 7) is 2.08. The normalized spacial score (nSPS) is 14.3. The second kappa shape index (κ2) is 7.94. The molecule has 0 radical (unpaired) electrons. The number of carbonyl (C=O) groups is 1. The van der Waals surface area contributed by atoms with E-state index in [-0.39, 0.29) is 12.3 Å². The van der Waals surface area contributed by atoms with E-state index in [2.05, 4.69) is 40.5 Å². The average Bonchev–Trinajstić information content (AvgIpc) is 3.39. The number of H-pyrrole nitrogens is 1. The van der Waals surface area contributed by atoms with Crippen LogP contribution in [-0.2, 0) is 11.2 Å². The maximum Gasteiger partial charge on any atom is 0.239 e. The van der Waals surface area contributed by atoms with Crippen molar-refractivity contribution in [1.82, 2.24) is 30.3 Å². The van der Waals surface area contributed by atoms with Crippen LogP contribution >= 0.6 is 0 Å². The molecule has 140 valence electrons. The van der Waals surface area contributed by atoms with Gasteiger partial charge in [-0.25, -0.2) is 9.97 Å². The number of carbonyl (C=O) groups excluding carboxylic acids is 1. The van der Waals surface area contributed by atoms with Crippen LogP contribution in [0, 0.1) is 0 Å². The zero-order valence-corrected chi connectivity index (χ0v) is 14.8. The predicted octanol–water partition coefficient (Wildman–Crippen LogP) is 1.81. The monoisotopic (exact) mass is 368 g/mol. The second-order valence-corrected chi connectivity index (χ2v) is 6.35. The number of nitrogens with zero attached hydrogens (tertiary/aromatic N) is 6. The van der Waals surface area contributed by atoms with E-state index in [4.69, 9.17) is 4.52 Å². The first-order valence-electron chi connectivity index (χ1n) is 8.97. The molecule has 0 atom stereocenters. The summed E-state index contributed by atoms with van der Waals surface area (Å²) < 4.78 is 5.13. The van der Waals surface area contributed by atoms with E-state index in [0.717, 1.165) is 18.9 Å². The van der Waals surface area contributed by atoms with Crippen molar-refractivity contribution in [2.45, 2.75) is 32.1 Å². The molecule has 0 spiro atoms. The van der Waals surface area contributed by atoms with Crippen molar-refractivity contribution in [3.8, 4) is 11.6 Å². The van der Waals surface area contributed by atoms with Crippen LogP contribution in [0.2, 0.25) is 0 Å². The zero-order chi connectivity index (χ0) is 18.5. The molecule has 3 aromatic rings. The van der Waals surface area contributed by atoms with Gasteiger partial charge in [-0.15, -0.1) is 0 Å². The fourth-order valence-corrected chi connectivity index (χ4v) is 2.98. The van der Waals surface area contributed by atoms with Gasteiger partial charge in [0.05, 0.1) is 11.9 Å². The van der Waals surface area contributed by atoms with Crippen molar-refractivity contribution in [3.05, 3.63) is 30.5 Å². The lowest BCUT2D eigenvalue weighted by molar-refractivity contribution is -0.116. The molecule has 1 fully saturated rings. The van der Waals surface area contributed by atoms with Crippen LogP contribution in [0.1, 0.15) is 31.6 Å². The Morgan fingerprint density at radius 1 is 1.22 bits per heavy atom. The van der Waals surface area contributed by atoms with Gasteiger partial charge in [0.25, 0.3) is 0 Å². The molecule has 3 aromatic heterocycles. The summed E-state index contributed by atoms with van der Waals surface area (Å²) in [5.74, 6) is 1.94. The summed E-state index contributed by atoms with van der Waals surface area (Å²) in [7, 11) is 0. The molecule has 0 aliphatic carbocycles. The van der Waals surface area contributed by atoms with Gasteiger partial charge in [-0.3, -0.25) is 9.89 Å². The number of nitrogens with one attached hydrogen (secondary N) is 2. The summed E-state index contributed by atoms with van der Waals surface area (Å²) in [4.78, 5) is 27.0. The maximum atomic E-state index is 12.1. The molecule has 0 unspecified atom stereocenters. The Morgan fingerprint density at radius 2 is 2.11 bits per heavy atom. The molecular weight excluding hydrogens is 348 g/mol. The SMILES string of the molecule is O=C(CCc1nc(-c2ncn[nH]2)no1)Nc1ccc(N2CCCCC2)nc1. The Hall–Kier alpha value is -3.30. The third-order valence-electron chi connectivity index (χ3n) is 4.37. The van der Waals surface area contributed by atoms with E-state index in [1.165, 1.54) is 25.6 Å². The number of amides is 1. The number of aryl methyl sites for hydroxylation is 1. The maximum absolute atomic E-state index is 12.1. The van der Waals surface area contributed by atoms with Gasteiger partial charge in [0.2, 0.25) is 17.6 Å². The van der Waals surface area contributed by atoms with Gasteiger partial charge >= 0.3 is 0 Å². The molecule has 4 heterocycles. The molecule has 1 aliphatic heterocycles. The first kappa shape index (κ1) is 17.1. The highest BCUT2D eigenvalue weighted by molar-refractivity contribution is 5.90. The Morgan fingerprint density at radius 3 is 2.85 bits per heavy atom. The van der Waals surface area contributed by atoms with Crippen molar-refractivity contribution in [2.75, 3.05) is 23.3 Å². The number of pyridine rings is 1. The molecule has 0 aromatic carbocycles. The third-order valence-corrected chi connectivity index (χ3v) is 4.37. The number of aromatic amines is 1. The van der Waals surface area contributed by atoms with Crippen LogP contribution in [0.3, 0.4) is 0 Å². The van der Waals surface area contributed by atoms with Gasteiger partial charge in [-0.2, -0.15) is 10.1 Å². The van der Waals surface area contributed by atoms with Crippen LogP contribution < -0.4 is 10.2 Å². The minimum Gasteiger partial charge on any atom is -0.357 e. The Labute approximate surface area is 155 Å². The minimum atomic E-state index is -0.137. The number of hydrogen-bond donors (Lipinski definition) is 2. The number of hydrogen-bond acceptors (Lipinski definition) is 8. The van der Waals surface area contributed by atoms with E-state index in [1.54, 1.807) is 6.20 Å². The van der Waals surface area contributed by atoms with Crippen molar-refractivity contribution in [2.24, 2.45) is 0 Å². The molecule has 4 rings (SSSR count). The zero-order valence-electron chi connectivity index (χ0n) is 14.8. The number of piperidine rings is 1. The van der Waals surface area contributed by atoms with Gasteiger partial charge in [0, 0.05) is 25.9 Å². The van der Waals surface area contributed by atoms with Crippen molar-refractivity contribution >= 4 is 17.4 Å². The van der Waals surface area contributed by atoms with Gasteiger partial charge in [0.1, 0.15) is 12.1 Å². The van der Waals surface area contributed by atoms with Crippen LogP contribution in [0.15, 0.2) is 29.2 Å². The second-order valence-electron chi connectivity index (χ2n) is 6.35. The van der Waals surface area contributed by atoms with Gasteiger partial charge < -0.3 is 14.7 Å². The summed E-state index contributed by atoms with van der Waals surface area (Å²) in [6.07, 6.45) is 7.31. The topological polar surface area (TPSA) is 126 Å². The predicted molar refractivity (Wildman–Crippen MR) is 96.9 cm³/mol. The van der Waals surface area contributed by atoms with Crippen LogP contribution in [-0.4, -0.2) is 49.3 Å². The highest BCUT2D eigenvalue weighted by Crippen LogP contribution is 2.19. The quantitative estimate of drug-likeness (QED) is 0.675. The summed E-state index contributed by atoms with van der Waals surface area (Å²) in [6, 6.07) is 3.83. The number of aromatic nitrogens is 6. The number of anilines is 2. The van der Waals surface area contributed by atoms with E-state index >= 15 is 0 Å². The molecule has 27 heavy (non-hydrogen) atoms. The number of rotatable bonds is 6. The van der Waals surface area contributed by atoms with Crippen LogP contribution in [0.4, 0.5) is 11.5 Å². The lowest BCUT2D eigenvalue weighted by Gasteiger charge is -2.27. The highest BCUT2D eigenvalue weighted by Gasteiger charge is 2.14. The van der Waals surface area contributed by atoms with E-state index in [1.807, 2.05) is 12.1 Å². The largest absolute Gasteiger partial charge is 0.357 e. The molecule has 0 bridgehead atoms. The van der Waals surface area contributed by atoms with E-state index in [0.29, 0.717) is 29.6 Å². The average molecular weight is 368 g/mol. The summed E-state index contributed by atoms with van der Waals surface area (Å²) in [5.41, 5.74) is 0.675. The van der Waals surface area contributed by atoms with Crippen molar-refractivity contribution in [3.63, 3.8) is 0 Å². The van der Waals surface area contributed by atoms with E-state index in [9.17, 15) is 4.79 Å². The molecule has 10 nitrogen and oxygen atoms in total. The molecular formula is C17H20N8O2. The summed E-state index contributed by atoms with van der Waals surface area (Å²) >= 11 is 0. The molecule has 0 saturated carbocycles. The lowest BCUT2D eigenvalue weighted by Crippen LogP contribution is -2.30. The lowest BCUT2D eigenvalue weighted by atomic mass is 10.1. The molecule has 1 aliphatic rings. The Balaban J connectivity index is 1.28. The molecule has 1 saturated heterocycles. The molecule has 1 amide bonds. The fourth-order valence-electron chi connectivity index (χ4n) is 2.98. The smallest absolute Gasteiger partial charge is 0.239 e. The molecule has 2 N–H and O–H groups in total. The van der Waals surface area contributed by atoms with Gasteiger partial charge in [-0.05, 0) is 31.4 Å². The first-order valence-corrected chi connectivity index (χ1v) is 8.97. The van der Waals surface area contributed by atoms with Crippen LogP contribution in [0.25, 0.3) is 11.6 Å². The standard InChI is InChI=1S/C17H20N8O2/c26-14(6-7-15-22-17(24-27-15)16-19-11-20-23-16)21-12-4-5-13(18-10-12)25-8-2-1-3-9-25/h4-5,10-11H,1-3,6-9H2,(H,21,26)(H,19,20,23). The first-order chi connectivity index (χ1) is 13.3. The van der Waals surface area contributed by atoms with E-state index < -0.39 is 0 Å². The van der Waals surface area contributed by atoms with Crippen molar-refractivity contribution in [1.29, 1.82) is 0 Å². The van der Waals surface area contributed by atoms with Gasteiger partial charge in [-0.1, -0.05) is 5.16 Å². The van der Waals surface area contributed by atoms with Crippen molar-refractivity contribution < 1.29 is 9.32 Å². The highest BCUT2D eigenvalue weighted by atomic mass is 16.5. The summed E-state index contributed by atoms with van der Waals surface area (Å²) in [5, 5.41) is 13.0.